The molecule has 0 aromatic rings. The molecule has 12 atom stereocenters. The number of carbonyl (C=O) groups is 2. The molecule has 4 saturated heterocycles. The van der Waals surface area contributed by atoms with Gasteiger partial charge < -0.3 is 25.0 Å². The molecule has 0 aromatic heterocycles. The number of hydrogen-bond acceptors (Lipinski definition) is 8. The summed E-state index contributed by atoms with van der Waals surface area (Å²) in [4.78, 5) is 28.7. The maximum Gasteiger partial charge on any atom is 0.243 e. The van der Waals surface area contributed by atoms with Crippen molar-refractivity contribution in [3.63, 3.8) is 0 Å². The Bertz CT molecular complexity index is 897. The number of fused-ring (bicyclic) bond motifs is 1. The quantitative estimate of drug-likeness (QED) is 0.257. The molecule has 1 saturated carbocycles. The largest absolute Gasteiger partial charge is 0.381 e. The van der Waals surface area contributed by atoms with E-state index in [1.165, 1.54) is 7.11 Å². The SMILES string of the molecule is COC1CCC(C(=O)N2CC3NC(NC(=O)C4CNC(C)CC4C4CC(Cl)NCC4OC)SC3C2)CC1C(F)F. The van der Waals surface area contributed by atoms with E-state index in [-0.39, 0.29) is 70.3 Å². The van der Waals surface area contributed by atoms with E-state index in [1.54, 1.807) is 18.9 Å². The minimum atomic E-state index is -2.49. The highest BCUT2D eigenvalue weighted by atomic mass is 35.5. The monoisotopic (exact) mass is 607 g/mol. The van der Waals surface area contributed by atoms with Gasteiger partial charge in [-0.15, -0.1) is 23.4 Å². The van der Waals surface area contributed by atoms with E-state index in [9.17, 15) is 18.4 Å². The molecule has 0 radical (unpaired) electrons. The number of piperidine rings is 2. The van der Waals surface area contributed by atoms with Crippen molar-refractivity contribution in [2.24, 2.45) is 29.6 Å². The minimum absolute atomic E-state index is 0.0166. The standard InChI is InChI=1S/C27H44ClF2N5O4S/c1-13-6-15(16-8-23(28)32-10-21(16)39-3)18(9-31-13)25(36)34-27-33-19-11-35(12-22(19)40-27)26(37)14-4-5-20(38-2)17(7-14)24(29)30/h13-24,27,31-33H,4-12H2,1-3H3,(H,34,36). The average Bonchev–Trinajstić information content (AvgIpc) is 3.51. The van der Waals surface area contributed by atoms with Gasteiger partial charge in [0, 0.05) is 69.6 Å². The van der Waals surface area contributed by atoms with Crippen LogP contribution in [0.15, 0.2) is 0 Å². The van der Waals surface area contributed by atoms with E-state index in [0.29, 0.717) is 45.1 Å². The van der Waals surface area contributed by atoms with Crippen LogP contribution in [0.1, 0.15) is 39.0 Å². The molecular weight excluding hydrogens is 564 g/mol. The lowest BCUT2D eigenvalue weighted by atomic mass is 9.70. The van der Waals surface area contributed by atoms with Gasteiger partial charge >= 0.3 is 0 Å². The van der Waals surface area contributed by atoms with Gasteiger partial charge in [0.25, 0.3) is 0 Å². The molecule has 12 unspecified atom stereocenters. The van der Waals surface area contributed by atoms with Gasteiger partial charge in [-0.05, 0) is 50.9 Å². The molecule has 4 aliphatic heterocycles. The second-order valence-corrected chi connectivity index (χ2v) is 14.1. The van der Waals surface area contributed by atoms with E-state index in [2.05, 4.69) is 28.2 Å². The maximum atomic E-state index is 13.6. The summed E-state index contributed by atoms with van der Waals surface area (Å²) in [7, 11) is 3.19. The van der Waals surface area contributed by atoms with E-state index in [4.69, 9.17) is 21.1 Å². The first-order valence-electron chi connectivity index (χ1n) is 14.6. The third-order valence-corrected chi connectivity index (χ3v) is 11.5. The fourth-order valence-corrected chi connectivity index (χ4v) is 9.37. The summed E-state index contributed by atoms with van der Waals surface area (Å²) >= 11 is 8.10. The van der Waals surface area contributed by atoms with Gasteiger partial charge in [0.2, 0.25) is 18.2 Å². The molecule has 40 heavy (non-hydrogen) atoms. The van der Waals surface area contributed by atoms with Crippen LogP contribution in [-0.4, -0.2) is 104 Å². The molecule has 4 N–H and O–H groups in total. The summed E-state index contributed by atoms with van der Waals surface area (Å²) in [5.41, 5.74) is -0.356. The Hall–Kier alpha value is -0.760. The molecule has 5 fully saturated rings. The molecular formula is C27H44ClF2N5O4S. The van der Waals surface area contributed by atoms with Crippen LogP contribution in [0.2, 0.25) is 0 Å². The molecule has 228 valence electrons. The van der Waals surface area contributed by atoms with Crippen LogP contribution in [-0.2, 0) is 19.1 Å². The van der Waals surface area contributed by atoms with Crippen molar-refractivity contribution in [1.82, 2.24) is 26.2 Å². The number of halogens is 3. The molecule has 5 aliphatic rings. The number of nitrogens with one attached hydrogen (secondary N) is 4. The van der Waals surface area contributed by atoms with Crippen LogP contribution in [0, 0.1) is 29.6 Å². The smallest absolute Gasteiger partial charge is 0.243 e. The first-order chi connectivity index (χ1) is 19.2. The van der Waals surface area contributed by atoms with Crippen LogP contribution in [0.25, 0.3) is 0 Å². The van der Waals surface area contributed by atoms with Crippen molar-refractivity contribution in [3.8, 4) is 0 Å². The summed E-state index contributed by atoms with van der Waals surface area (Å²) in [6.45, 7) is 4.53. The van der Waals surface area contributed by atoms with Crippen molar-refractivity contribution < 1.29 is 27.8 Å². The Labute approximate surface area is 244 Å². The predicted molar refractivity (Wildman–Crippen MR) is 150 cm³/mol. The van der Waals surface area contributed by atoms with E-state index >= 15 is 0 Å². The third kappa shape index (κ3) is 6.58. The summed E-state index contributed by atoms with van der Waals surface area (Å²) in [5.74, 6) is -1.13. The van der Waals surface area contributed by atoms with Crippen LogP contribution >= 0.6 is 23.4 Å². The first kappa shape index (κ1) is 30.7. The van der Waals surface area contributed by atoms with Gasteiger partial charge in [0.05, 0.1) is 23.6 Å². The average molecular weight is 608 g/mol. The zero-order chi connectivity index (χ0) is 28.6. The zero-order valence-corrected chi connectivity index (χ0v) is 25.1. The molecule has 9 nitrogen and oxygen atoms in total. The predicted octanol–water partition coefficient (Wildman–Crippen LogP) is 1.80. The number of amides is 2. The van der Waals surface area contributed by atoms with E-state index in [0.717, 1.165) is 12.8 Å². The number of rotatable bonds is 7. The molecule has 4 heterocycles. The Morgan fingerprint density at radius 3 is 2.50 bits per heavy atom. The summed E-state index contributed by atoms with van der Waals surface area (Å²) in [6, 6.07) is 0.373. The number of likely N-dealkylation sites (tertiary alicyclic amines) is 1. The highest BCUT2D eigenvalue weighted by Gasteiger charge is 2.48. The van der Waals surface area contributed by atoms with Crippen molar-refractivity contribution in [1.29, 1.82) is 0 Å². The molecule has 0 spiro atoms. The number of thioether (sulfide) groups is 1. The lowest BCUT2D eigenvalue weighted by molar-refractivity contribution is -0.140. The van der Waals surface area contributed by atoms with Crippen molar-refractivity contribution >= 4 is 35.2 Å². The number of methoxy groups -OCH3 is 2. The number of ether oxygens (including phenoxy) is 2. The molecule has 5 rings (SSSR count). The highest BCUT2D eigenvalue weighted by Crippen LogP contribution is 2.40. The minimum Gasteiger partial charge on any atom is -0.381 e. The summed E-state index contributed by atoms with van der Waals surface area (Å²) in [6.07, 6.45) is -0.0928. The molecule has 0 aromatic carbocycles. The lowest BCUT2D eigenvalue weighted by Gasteiger charge is -2.45. The van der Waals surface area contributed by atoms with Crippen molar-refractivity contribution in [2.45, 2.75) is 86.0 Å². The number of alkyl halides is 3. The second kappa shape index (κ2) is 13.3. The number of nitrogens with zero attached hydrogens (tertiary/aromatic N) is 1. The van der Waals surface area contributed by atoms with Crippen molar-refractivity contribution in [2.75, 3.05) is 40.4 Å². The first-order valence-corrected chi connectivity index (χ1v) is 16.0. The van der Waals surface area contributed by atoms with Crippen LogP contribution in [0.3, 0.4) is 0 Å². The maximum absolute atomic E-state index is 13.6. The normalized spacial score (nSPS) is 44.0. The molecule has 2 amide bonds. The topological polar surface area (TPSA) is 104 Å². The number of carbonyl (C=O) groups excluding carboxylic acids is 2. The zero-order valence-electron chi connectivity index (χ0n) is 23.5. The summed E-state index contributed by atoms with van der Waals surface area (Å²) in [5, 5.41) is 13.6. The lowest BCUT2D eigenvalue weighted by Crippen LogP contribution is -2.57. The highest BCUT2D eigenvalue weighted by molar-refractivity contribution is 8.00. The molecule has 1 aliphatic carbocycles. The van der Waals surface area contributed by atoms with E-state index < -0.39 is 18.4 Å². The van der Waals surface area contributed by atoms with Crippen LogP contribution < -0.4 is 21.3 Å². The fraction of sp³-hybridized carbons (Fsp3) is 0.926. The van der Waals surface area contributed by atoms with Gasteiger partial charge in [-0.1, -0.05) is 0 Å². The molecule has 13 heteroatoms. The van der Waals surface area contributed by atoms with Gasteiger partial charge in [0.15, 0.2) is 0 Å². The second-order valence-electron chi connectivity index (χ2n) is 12.2. The number of hydrogen-bond donors (Lipinski definition) is 4. The Morgan fingerprint density at radius 1 is 1.02 bits per heavy atom. The van der Waals surface area contributed by atoms with Crippen molar-refractivity contribution in [3.05, 3.63) is 0 Å². The Morgan fingerprint density at radius 2 is 1.80 bits per heavy atom. The Kier molecular flexibility index (Phi) is 10.2. The van der Waals surface area contributed by atoms with Gasteiger partial charge in [-0.2, -0.15) is 0 Å². The van der Waals surface area contributed by atoms with Crippen LogP contribution in [0.5, 0.6) is 0 Å². The van der Waals surface area contributed by atoms with Crippen LogP contribution in [0.4, 0.5) is 8.78 Å². The molecule has 0 bridgehead atoms. The van der Waals surface area contributed by atoms with Gasteiger partial charge in [-0.25, -0.2) is 8.78 Å². The van der Waals surface area contributed by atoms with Gasteiger partial charge in [0.1, 0.15) is 5.50 Å². The fourth-order valence-electron chi connectivity index (χ4n) is 7.66. The Balaban J connectivity index is 1.14. The summed E-state index contributed by atoms with van der Waals surface area (Å²) < 4.78 is 38.2. The van der Waals surface area contributed by atoms with Gasteiger partial charge in [-0.3, -0.25) is 20.2 Å². The van der Waals surface area contributed by atoms with E-state index in [1.807, 2.05) is 4.90 Å². The third-order valence-electron chi connectivity index (χ3n) is 9.85.